The Kier molecular flexibility index (Phi) is 10.8. The highest BCUT2D eigenvalue weighted by atomic mass is 35.5. The third-order valence-corrected chi connectivity index (χ3v) is 7.80. The van der Waals surface area contributed by atoms with Crippen LogP contribution in [0.4, 0.5) is 0 Å². The summed E-state index contributed by atoms with van der Waals surface area (Å²) < 4.78 is 5.82. The molecule has 2 fully saturated rings. The zero-order valence-electron chi connectivity index (χ0n) is 18.0. The van der Waals surface area contributed by atoms with E-state index in [1.165, 1.54) is 44.9 Å². The van der Waals surface area contributed by atoms with Crippen LogP contribution in [0.25, 0.3) is 0 Å². The zero-order chi connectivity index (χ0) is 20.5. The molecule has 0 saturated heterocycles. The van der Waals surface area contributed by atoms with Crippen LogP contribution in [-0.2, 0) is 0 Å². The van der Waals surface area contributed by atoms with E-state index >= 15 is 0 Å². The predicted octanol–water partition coefficient (Wildman–Crippen LogP) is 5.64. The lowest BCUT2D eigenvalue weighted by molar-refractivity contribution is 0.0681. The van der Waals surface area contributed by atoms with Gasteiger partial charge in [0.05, 0.1) is 17.2 Å². The van der Waals surface area contributed by atoms with Gasteiger partial charge in [0.1, 0.15) is 5.75 Å². The molecule has 4 nitrogen and oxygen atoms in total. The number of rotatable bonds is 11. The molecule has 0 aromatic heterocycles. The molecular formula is C24H36ClNO3S. The summed E-state index contributed by atoms with van der Waals surface area (Å²) in [5, 5.41) is 12.4. The average molecular weight is 454 g/mol. The number of halogens is 1. The molecular weight excluding hydrogens is 418 g/mol. The minimum absolute atomic E-state index is 0. The number of carbonyl (C=O) groups is 1. The Morgan fingerprint density at radius 3 is 2.70 bits per heavy atom. The first kappa shape index (κ1) is 25.4. The van der Waals surface area contributed by atoms with Crippen molar-refractivity contribution in [1.29, 1.82) is 0 Å². The molecule has 1 amide bonds. The van der Waals surface area contributed by atoms with Crippen LogP contribution in [-0.4, -0.2) is 42.3 Å². The summed E-state index contributed by atoms with van der Waals surface area (Å²) in [7, 11) is 0. The molecule has 2 aliphatic carbocycles. The van der Waals surface area contributed by atoms with Gasteiger partial charge in [0.15, 0.2) is 0 Å². The number of carbonyl (C=O) groups excluding carboxylic acids is 1. The highest BCUT2D eigenvalue weighted by Crippen LogP contribution is 2.48. The number of hydrogen-bond acceptors (Lipinski definition) is 4. The summed E-state index contributed by atoms with van der Waals surface area (Å²) in [5.74, 6) is 3.43. The molecule has 2 radical (unpaired) electrons. The van der Waals surface area contributed by atoms with E-state index in [1.807, 2.05) is 17.8 Å². The topological polar surface area (TPSA) is 58.6 Å². The first-order valence-corrected chi connectivity index (χ1v) is 12.5. The van der Waals surface area contributed by atoms with Crippen LogP contribution in [0.2, 0.25) is 5.02 Å². The Morgan fingerprint density at radius 1 is 1.23 bits per heavy atom. The number of benzene rings is 1. The molecule has 0 aliphatic heterocycles. The van der Waals surface area contributed by atoms with Crippen LogP contribution in [0.5, 0.6) is 5.75 Å². The second kappa shape index (κ2) is 12.8. The number of thioether (sulfide) groups is 1. The van der Waals surface area contributed by atoms with Crippen molar-refractivity contribution in [2.24, 2.45) is 11.3 Å². The highest BCUT2D eigenvalue weighted by molar-refractivity contribution is 7.99. The van der Waals surface area contributed by atoms with Crippen LogP contribution in [0, 0.1) is 18.8 Å². The molecule has 0 atom stereocenters. The molecule has 0 heterocycles. The number of aliphatic hydroxyl groups is 1. The SMILES string of the molecule is O=C(NCC12CCCC(CCC1)C2)c1cc(OCCCSCCCO)ccc1Cl.[CH2]. The van der Waals surface area contributed by atoms with Crippen molar-refractivity contribution in [3.8, 4) is 5.75 Å². The van der Waals surface area contributed by atoms with E-state index < -0.39 is 0 Å². The summed E-state index contributed by atoms with van der Waals surface area (Å²) >= 11 is 8.13. The van der Waals surface area contributed by atoms with Gasteiger partial charge >= 0.3 is 0 Å². The summed E-state index contributed by atoms with van der Waals surface area (Å²) in [6, 6.07) is 5.33. The average Bonchev–Trinajstić information content (AvgIpc) is 2.72. The van der Waals surface area contributed by atoms with Crippen molar-refractivity contribution in [1.82, 2.24) is 5.32 Å². The van der Waals surface area contributed by atoms with Gasteiger partial charge in [0.2, 0.25) is 0 Å². The van der Waals surface area contributed by atoms with E-state index in [1.54, 1.807) is 12.1 Å². The van der Waals surface area contributed by atoms with E-state index in [9.17, 15) is 4.79 Å². The lowest BCUT2D eigenvalue weighted by atomic mass is 9.62. The monoisotopic (exact) mass is 453 g/mol. The fourth-order valence-electron chi connectivity index (χ4n) is 4.82. The fourth-order valence-corrected chi connectivity index (χ4v) is 5.88. The summed E-state index contributed by atoms with van der Waals surface area (Å²) in [6.07, 6.45) is 10.8. The molecule has 1 aromatic rings. The quantitative estimate of drug-likeness (QED) is 0.425. The number of amides is 1. The Morgan fingerprint density at radius 2 is 1.97 bits per heavy atom. The van der Waals surface area contributed by atoms with E-state index in [4.69, 9.17) is 21.4 Å². The van der Waals surface area contributed by atoms with Crippen molar-refractivity contribution in [2.75, 3.05) is 31.3 Å². The standard InChI is InChI=1S/C23H34ClNO3S.CH2/c24-21-8-7-19(28-12-4-14-29-13-3-11-26)15-20(21)22(27)25-17-23-9-1-5-18(16-23)6-2-10-23;/h7-8,15,18,26H,1-6,9-14,16-17H2,(H,25,27);1H2. The number of ether oxygens (including phenoxy) is 1. The lowest BCUT2D eigenvalue weighted by Gasteiger charge is -2.45. The maximum atomic E-state index is 12.8. The number of nitrogens with one attached hydrogen (secondary N) is 1. The molecule has 3 rings (SSSR count). The number of fused-ring (bicyclic) bond motifs is 2. The third-order valence-electron chi connectivity index (χ3n) is 6.32. The van der Waals surface area contributed by atoms with E-state index in [0.29, 0.717) is 28.4 Å². The summed E-state index contributed by atoms with van der Waals surface area (Å²) in [5.41, 5.74) is 0.798. The normalized spacial score (nSPS) is 22.8. The van der Waals surface area contributed by atoms with Gasteiger partial charge in [0.25, 0.3) is 5.91 Å². The van der Waals surface area contributed by atoms with Crippen molar-refractivity contribution in [2.45, 2.75) is 57.8 Å². The van der Waals surface area contributed by atoms with Gasteiger partial charge in [0, 0.05) is 13.2 Å². The van der Waals surface area contributed by atoms with Crippen LogP contribution in [0.15, 0.2) is 18.2 Å². The summed E-state index contributed by atoms with van der Waals surface area (Å²) in [4.78, 5) is 12.8. The Bertz CT molecular complexity index is 660. The van der Waals surface area contributed by atoms with Crippen molar-refractivity contribution >= 4 is 29.3 Å². The van der Waals surface area contributed by atoms with Crippen LogP contribution in [0.1, 0.15) is 68.1 Å². The predicted molar refractivity (Wildman–Crippen MR) is 127 cm³/mol. The van der Waals surface area contributed by atoms with Gasteiger partial charge in [-0.2, -0.15) is 11.8 Å². The zero-order valence-corrected chi connectivity index (χ0v) is 19.5. The number of aliphatic hydroxyl groups excluding tert-OH is 1. The molecule has 2 bridgehead atoms. The maximum Gasteiger partial charge on any atom is 0.252 e. The fraction of sp³-hybridized carbons (Fsp3) is 0.667. The lowest BCUT2D eigenvalue weighted by Crippen LogP contribution is -2.43. The van der Waals surface area contributed by atoms with Crippen molar-refractivity contribution < 1.29 is 14.6 Å². The van der Waals surface area contributed by atoms with Crippen LogP contribution < -0.4 is 10.1 Å². The molecule has 0 unspecified atom stereocenters. The smallest absolute Gasteiger partial charge is 0.252 e. The van der Waals surface area contributed by atoms with Gasteiger partial charge < -0.3 is 15.2 Å². The van der Waals surface area contributed by atoms with Gasteiger partial charge in [-0.3, -0.25) is 4.79 Å². The molecule has 0 spiro atoms. The Hall–Kier alpha value is -0.910. The minimum atomic E-state index is -0.0953. The Balaban J connectivity index is 0.00000320. The molecule has 2 N–H and O–H groups in total. The van der Waals surface area contributed by atoms with E-state index in [-0.39, 0.29) is 19.9 Å². The second-order valence-electron chi connectivity index (χ2n) is 8.57. The van der Waals surface area contributed by atoms with E-state index in [0.717, 1.165) is 36.8 Å². The molecule has 168 valence electrons. The highest BCUT2D eigenvalue weighted by Gasteiger charge is 2.39. The van der Waals surface area contributed by atoms with Gasteiger partial charge in [-0.05, 0) is 73.1 Å². The van der Waals surface area contributed by atoms with E-state index in [2.05, 4.69) is 5.32 Å². The van der Waals surface area contributed by atoms with Gasteiger partial charge in [-0.15, -0.1) is 0 Å². The largest absolute Gasteiger partial charge is 0.494 e. The first-order valence-electron chi connectivity index (χ1n) is 11.0. The first-order chi connectivity index (χ1) is 14.1. The van der Waals surface area contributed by atoms with Crippen LogP contribution in [0.3, 0.4) is 0 Å². The number of hydrogen-bond donors (Lipinski definition) is 2. The van der Waals surface area contributed by atoms with Gasteiger partial charge in [-0.25, -0.2) is 0 Å². The Labute approximate surface area is 191 Å². The molecule has 2 aliphatic rings. The molecule has 1 aromatic carbocycles. The maximum absolute atomic E-state index is 12.8. The molecule has 30 heavy (non-hydrogen) atoms. The second-order valence-corrected chi connectivity index (χ2v) is 10.2. The summed E-state index contributed by atoms with van der Waals surface area (Å²) in [6.45, 7) is 1.62. The molecule has 6 heteroatoms. The van der Waals surface area contributed by atoms with Crippen molar-refractivity contribution in [3.63, 3.8) is 0 Å². The van der Waals surface area contributed by atoms with Crippen LogP contribution >= 0.6 is 23.4 Å². The third kappa shape index (κ3) is 7.35. The van der Waals surface area contributed by atoms with Crippen molar-refractivity contribution in [3.05, 3.63) is 36.2 Å². The molecule has 2 saturated carbocycles. The minimum Gasteiger partial charge on any atom is -0.494 e. The van der Waals surface area contributed by atoms with Gasteiger partial charge in [-0.1, -0.05) is 44.7 Å².